The Morgan fingerprint density at radius 2 is 2.00 bits per heavy atom. The number of hydrogen-bond acceptors (Lipinski definition) is 7. The van der Waals surface area contributed by atoms with Gasteiger partial charge in [0, 0.05) is 37.8 Å². The molecule has 29 heavy (non-hydrogen) atoms. The summed E-state index contributed by atoms with van der Waals surface area (Å²) in [5.74, 6) is 0.455. The molecule has 0 bridgehead atoms. The largest absolute Gasteiger partial charge is 0.465 e. The van der Waals surface area contributed by atoms with Crippen molar-refractivity contribution in [1.82, 2.24) is 24.8 Å². The van der Waals surface area contributed by atoms with Crippen LogP contribution in [0.25, 0.3) is 11.4 Å². The summed E-state index contributed by atoms with van der Waals surface area (Å²) < 4.78 is 12.0. The maximum atomic E-state index is 12.3. The predicted molar refractivity (Wildman–Crippen MR) is 102 cm³/mol. The summed E-state index contributed by atoms with van der Waals surface area (Å²) >= 11 is 0. The minimum atomic E-state index is -0.403. The van der Waals surface area contributed by atoms with Gasteiger partial charge in [-0.3, -0.25) is 9.48 Å². The number of carbonyl (C=O) groups is 2. The van der Waals surface area contributed by atoms with Gasteiger partial charge in [-0.05, 0) is 18.6 Å². The van der Waals surface area contributed by atoms with Crippen molar-refractivity contribution in [2.24, 2.45) is 7.05 Å². The summed E-state index contributed by atoms with van der Waals surface area (Å²) in [6.07, 6.45) is 4.69. The second-order valence-electron chi connectivity index (χ2n) is 7.07. The van der Waals surface area contributed by atoms with E-state index in [0.29, 0.717) is 30.1 Å². The molecule has 1 saturated heterocycles. The molecule has 1 aliphatic heterocycles. The van der Waals surface area contributed by atoms with E-state index in [2.05, 4.69) is 15.2 Å². The second-order valence-corrected chi connectivity index (χ2v) is 7.07. The summed E-state index contributed by atoms with van der Waals surface area (Å²) in [6, 6.07) is 6.58. The lowest BCUT2D eigenvalue weighted by atomic mass is 9.85. The van der Waals surface area contributed by atoms with Crippen molar-refractivity contribution >= 4 is 11.9 Å². The van der Waals surface area contributed by atoms with Gasteiger partial charge in [-0.15, -0.1) is 0 Å². The van der Waals surface area contributed by atoms with Crippen LogP contribution in [0.1, 0.15) is 46.6 Å². The molecule has 4 rings (SSSR count). The van der Waals surface area contributed by atoms with E-state index in [-0.39, 0.29) is 17.9 Å². The van der Waals surface area contributed by atoms with Gasteiger partial charge in [-0.25, -0.2) is 4.79 Å². The normalized spacial score (nSPS) is 19.4. The fourth-order valence-corrected chi connectivity index (χ4v) is 3.72. The molecule has 1 fully saturated rings. The minimum Gasteiger partial charge on any atom is -0.465 e. The van der Waals surface area contributed by atoms with Crippen molar-refractivity contribution in [2.45, 2.75) is 24.8 Å². The third-order valence-corrected chi connectivity index (χ3v) is 5.25. The molecule has 0 unspecified atom stereocenters. The number of aryl methyl sites for hydroxylation is 1. The highest BCUT2D eigenvalue weighted by Gasteiger charge is 2.39. The molecule has 0 saturated carbocycles. The van der Waals surface area contributed by atoms with Gasteiger partial charge >= 0.3 is 5.97 Å². The molecule has 150 valence electrons. The molecule has 3 heterocycles. The Hall–Kier alpha value is -3.49. The fraction of sp³-hybridized carbons (Fsp3) is 0.350. The second kappa shape index (κ2) is 7.50. The highest BCUT2D eigenvalue weighted by Crippen LogP contribution is 2.41. The van der Waals surface area contributed by atoms with Crippen molar-refractivity contribution in [3.05, 3.63) is 53.7 Å². The number of hydrogen-bond donors (Lipinski definition) is 0. The van der Waals surface area contributed by atoms with Gasteiger partial charge in [-0.1, -0.05) is 17.3 Å². The summed E-state index contributed by atoms with van der Waals surface area (Å²) in [6.45, 7) is 0. The molecule has 2 atom stereocenters. The maximum Gasteiger partial charge on any atom is 0.337 e. The number of methoxy groups -OCH3 is 1. The quantitative estimate of drug-likeness (QED) is 0.625. The number of amides is 1. The molecule has 9 nitrogen and oxygen atoms in total. The molecular weight excluding hydrogens is 374 g/mol. The zero-order chi connectivity index (χ0) is 20.5. The van der Waals surface area contributed by atoms with Gasteiger partial charge in [0.1, 0.15) is 0 Å². The summed E-state index contributed by atoms with van der Waals surface area (Å²) in [4.78, 5) is 30.2. The molecule has 1 aliphatic rings. The summed E-state index contributed by atoms with van der Waals surface area (Å²) in [5.41, 5.74) is 2.10. The van der Waals surface area contributed by atoms with Crippen molar-refractivity contribution in [2.75, 3.05) is 14.2 Å². The van der Waals surface area contributed by atoms with Gasteiger partial charge in [0.05, 0.1) is 30.8 Å². The molecule has 0 aliphatic carbocycles. The summed E-state index contributed by atoms with van der Waals surface area (Å²) in [7, 11) is 4.97. The number of esters is 1. The first-order valence-corrected chi connectivity index (χ1v) is 9.24. The number of likely N-dealkylation sites (N-methyl/N-ethyl adjacent to an activating group) is 1. The van der Waals surface area contributed by atoms with Crippen LogP contribution in [0, 0.1) is 0 Å². The monoisotopic (exact) mass is 395 g/mol. The Morgan fingerprint density at radius 1 is 1.24 bits per heavy atom. The van der Waals surface area contributed by atoms with Crippen LogP contribution in [0.2, 0.25) is 0 Å². The third kappa shape index (κ3) is 3.51. The lowest BCUT2D eigenvalue weighted by Crippen LogP contribution is -2.39. The Bertz CT molecular complexity index is 1040. The van der Waals surface area contributed by atoms with E-state index in [0.717, 1.165) is 11.1 Å². The molecule has 1 aromatic carbocycles. The lowest BCUT2D eigenvalue weighted by Gasteiger charge is -2.36. The standard InChI is InChI=1S/C20H21N5O4/c1-24-11-14(10-21-24)17-15(8-9-16(26)25(17)2)19-22-18(23-29-19)12-4-6-13(7-5-12)20(27)28-3/h4-7,10-11,15,17H,8-9H2,1-3H3/t15-,17-/m0/s1. The van der Waals surface area contributed by atoms with Crippen molar-refractivity contribution in [1.29, 1.82) is 0 Å². The average molecular weight is 395 g/mol. The number of benzene rings is 1. The van der Waals surface area contributed by atoms with E-state index in [4.69, 9.17) is 9.26 Å². The van der Waals surface area contributed by atoms with Gasteiger partial charge in [0.25, 0.3) is 0 Å². The topological polar surface area (TPSA) is 103 Å². The van der Waals surface area contributed by atoms with E-state index in [9.17, 15) is 9.59 Å². The Labute approximate surface area is 167 Å². The van der Waals surface area contributed by atoms with E-state index in [1.165, 1.54) is 7.11 Å². The molecule has 0 N–H and O–H groups in total. The van der Waals surface area contributed by atoms with Crippen LogP contribution >= 0.6 is 0 Å². The number of carbonyl (C=O) groups excluding carboxylic acids is 2. The first-order valence-electron chi connectivity index (χ1n) is 9.24. The van der Waals surface area contributed by atoms with Crippen molar-refractivity contribution in [3.63, 3.8) is 0 Å². The molecule has 1 amide bonds. The van der Waals surface area contributed by atoms with Crippen LogP contribution in [0.4, 0.5) is 0 Å². The highest BCUT2D eigenvalue weighted by atomic mass is 16.5. The van der Waals surface area contributed by atoms with Gasteiger partial charge < -0.3 is 14.2 Å². The predicted octanol–water partition coefficient (Wildman–Crippen LogP) is 2.33. The number of rotatable bonds is 4. The lowest BCUT2D eigenvalue weighted by molar-refractivity contribution is -0.135. The molecule has 0 radical (unpaired) electrons. The molecule has 3 aromatic rings. The Kier molecular flexibility index (Phi) is 4.87. The Morgan fingerprint density at radius 3 is 2.66 bits per heavy atom. The zero-order valence-corrected chi connectivity index (χ0v) is 16.4. The number of aromatic nitrogens is 4. The molecule has 9 heteroatoms. The average Bonchev–Trinajstić information content (AvgIpc) is 3.39. The number of ether oxygens (including phenoxy) is 1. The third-order valence-electron chi connectivity index (χ3n) is 5.25. The van der Waals surface area contributed by atoms with Crippen LogP contribution in [0.15, 0.2) is 41.2 Å². The SMILES string of the molecule is COC(=O)c1ccc(-c2noc([C@H]3CCC(=O)N(C)[C@H]3c3cnn(C)c3)n2)cc1. The fourth-order valence-electron chi connectivity index (χ4n) is 3.72. The van der Waals surface area contributed by atoms with E-state index >= 15 is 0 Å². The van der Waals surface area contributed by atoms with Crippen LogP contribution in [0.3, 0.4) is 0 Å². The molecule has 2 aromatic heterocycles. The number of likely N-dealkylation sites (tertiary alicyclic amines) is 1. The molecule has 0 spiro atoms. The summed E-state index contributed by atoms with van der Waals surface area (Å²) in [5, 5.41) is 8.34. The first-order chi connectivity index (χ1) is 14.0. The smallest absolute Gasteiger partial charge is 0.337 e. The van der Waals surface area contributed by atoms with E-state index < -0.39 is 5.97 Å². The molecular formula is C20H21N5O4. The maximum absolute atomic E-state index is 12.3. The van der Waals surface area contributed by atoms with Gasteiger partial charge in [0.2, 0.25) is 17.6 Å². The van der Waals surface area contributed by atoms with Gasteiger partial charge in [0.15, 0.2) is 0 Å². The van der Waals surface area contributed by atoms with E-state index in [1.807, 2.05) is 13.2 Å². The van der Waals surface area contributed by atoms with Gasteiger partial charge in [-0.2, -0.15) is 10.1 Å². The van der Waals surface area contributed by atoms with E-state index in [1.54, 1.807) is 47.1 Å². The van der Waals surface area contributed by atoms with Crippen LogP contribution in [-0.4, -0.2) is 50.9 Å². The van der Waals surface area contributed by atoms with Crippen LogP contribution < -0.4 is 0 Å². The first kappa shape index (κ1) is 18.9. The van der Waals surface area contributed by atoms with Crippen molar-refractivity contribution in [3.8, 4) is 11.4 Å². The number of nitrogens with zero attached hydrogens (tertiary/aromatic N) is 5. The van der Waals surface area contributed by atoms with Crippen molar-refractivity contribution < 1.29 is 18.8 Å². The Balaban J connectivity index is 1.63. The zero-order valence-electron chi connectivity index (χ0n) is 16.4. The minimum absolute atomic E-state index is 0.0771. The highest BCUT2D eigenvalue weighted by molar-refractivity contribution is 5.89. The number of piperidine rings is 1. The van der Waals surface area contributed by atoms with Crippen LogP contribution in [0.5, 0.6) is 0 Å². The van der Waals surface area contributed by atoms with Crippen LogP contribution in [-0.2, 0) is 16.6 Å².